The Kier molecular flexibility index (Phi) is 2.79. The first-order valence-electron chi connectivity index (χ1n) is 4.67. The first-order chi connectivity index (χ1) is 5.31. The van der Waals surface area contributed by atoms with E-state index in [9.17, 15) is 0 Å². The maximum Gasteiger partial charge on any atom is 0.0218 e. The van der Waals surface area contributed by atoms with Crippen LogP contribution in [0.1, 0.15) is 34.6 Å². The van der Waals surface area contributed by atoms with Crippen molar-refractivity contribution in [1.29, 1.82) is 0 Å². The summed E-state index contributed by atoms with van der Waals surface area (Å²) in [6, 6.07) is 0.659. The zero-order chi connectivity index (χ0) is 9.41. The van der Waals surface area contributed by atoms with Crippen LogP contribution in [0.15, 0.2) is 0 Å². The van der Waals surface area contributed by atoms with Crippen molar-refractivity contribution in [2.45, 2.75) is 46.2 Å². The second-order valence-electron chi connectivity index (χ2n) is 5.46. The molecule has 1 unspecified atom stereocenters. The van der Waals surface area contributed by atoms with Crippen LogP contribution < -0.4 is 5.32 Å². The van der Waals surface area contributed by atoms with Crippen LogP contribution >= 0.6 is 11.8 Å². The summed E-state index contributed by atoms with van der Waals surface area (Å²) in [5.41, 5.74) is 0.714. The number of nitrogens with one attached hydrogen (secondary N) is 1. The molecule has 1 heterocycles. The fraction of sp³-hybridized carbons (Fsp3) is 1.00. The van der Waals surface area contributed by atoms with Crippen LogP contribution in [0, 0.1) is 5.41 Å². The summed E-state index contributed by atoms with van der Waals surface area (Å²) in [5.74, 6) is 2.49. The molecule has 72 valence electrons. The van der Waals surface area contributed by atoms with Crippen LogP contribution in [0.2, 0.25) is 0 Å². The third-order valence-electron chi connectivity index (χ3n) is 2.36. The summed E-state index contributed by atoms with van der Waals surface area (Å²) in [7, 11) is 0. The number of hydrogen-bond donors (Lipinski definition) is 1. The van der Waals surface area contributed by atoms with Gasteiger partial charge in [-0.1, -0.05) is 20.8 Å². The maximum atomic E-state index is 3.71. The molecule has 1 saturated heterocycles. The van der Waals surface area contributed by atoms with Gasteiger partial charge in [-0.3, -0.25) is 0 Å². The predicted octanol–water partition coefficient (Wildman–Crippen LogP) is 2.52. The first kappa shape index (κ1) is 10.4. The Bertz CT molecular complexity index is 154. The van der Waals surface area contributed by atoms with Gasteiger partial charge in [0.05, 0.1) is 0 Å². The number of rotatable bonds is 0. The van der Waals surface area contributed by atoms with E-state index in [1.165, 1.54) is 11.5 Å². The van der Waals surface area contributed by atoms with Crippen molar-refractivity contribution < 1.29 is 0 Å². The molecule has 1 N–H and O–H groups in total. The fourth-order valence-corrected chi connectivity index (χ4v) is 2.98. The summed E-state index contributed by atoms with van der Waals surface area (Å²) in [6.45, 7) is 11.5. The van der Waals surface area contributed by atoms with Crippen LogP contribution in [0.25, 0.3) is 0 Å². The number of thioether (sulfide) groups is 1. The maximum absolute atomic E-state index is 3.71. The van der Waals surface area contributed by atoms with Crippen LogP contribution in [-0.2, 0) is 0 Å². The molecule has 1 aliphatic heterocycles. The molecule has 0 radical (unpaired) electrons. The monoisotopic (exact) mass is 187 g/mol. The van der Waals surface area contributed by atoms with Gasteiger partial charge < -0.3 is 5.32 Å². The lowest BCUT2D eigenvalue weighted by Gasteiger charge is -2.42. The highest BCUT2D eigenvalue weighted by Gasteiger charge is 2.33. The van der Waals surface area contributed by atoms with E-state index in [1.807, 2.05) is 0 Å². The van der Waals surface area contributed by atoms with Gasteiger partial charge in [0.15, 0.2) is 0 Å². The van der Waals surface area contributed by atoms with Gasteiger partial charge in [0.2, 0.25) is 0 Å². The van der Waals surface area contributed by atoms with Gasteiger partial charge in [0.25, 0.3) is 0 Å². The Morgan fingerprint density at radius 2 is 1.92 bits per heavy atom. The third kappa shape index (κ3) is 2.67. The molecular weight excluding hydrogens is 166 g/mol. The van der Waals surface area contributed by atoms with E-state index < -0.39 is 0 Å². The normalized spacial score (nSPS) is 30.2. The van der Waals surface area contributed by atoms with Crippen molar-refractivity contribution >= 4 is 11.8 Å². The summed E-state index contributed by atoms with van der Waals surface area (Å²) < 4.78 is 0. The molecule has 1 aliphatic rings. The van der Waals surface area contributed by atoms with Crippen LogP contribution in [0.5, 0.6) is 0 Å². The molecule has 1 atom stereocenters. The topological polar surface area (TPSA) is 12.0 Å². The molecule has 0 amide bonds. The van der Waals surface area contributed by atoms with Gasteiger partial charge >= 0.3 is 0 Å². The minimum absolute atomic E-state index is 0.320. The molecule has 1 fully saturated rings. The van der Waals surface area contributed by atoms with Crippen molar-refractivity contribution in [1.82, 2.24) is 5.32 Å². The Balaban J connectivity index is 2.58. The molecule has 0 bridgehead atoms. The zero-order valence-electron chi connectivity index (χ0n) is 8.90. The zero-order valence-corrected chi connectivity index (χ0v) is 9.72. The van der Waals surface area contributed by atoms with E-state index in [4.69, 9.17) is 0 Å². The molecule has 0 aliphatic carbocycles. The fourth-order valence-electron chi connectivity index (χ4n) is 1.45. The molecule has 1 rings (SSSR count). The largest absolute Gasteiger partial charge is 0.307 e. The number of hydrogen-bond acceptors (Lipinski definition) is 2. The molecule has 2 heteroatoms. The summed E-state index contributed by atoms with van der Waals surface area (Å²) in [6.07, 6.45) is 0. The van der Waals surface area contributed by atoms with E-state index in [0.717, 1.165) is 0 Å². The Morgan fingerprint density at radius 3 is 2.25 bits per heavy atom. The van der Waals surface area contributed by atoms with Crippen molar-refractivity contribution in [3.63, 3.8) is 0 Å². The van der Waals surface area contributed by atoms with Crippen molar-refractivity contribution in [3.8, 4) is 0 Å². The van der Waals surface area contributed by atoms with E-state index >= 15 is 0 Å². The minimum atomic E-state index is 0.320. The van der Waals surface area contributed by atoms with E-state index in [0.29, 0.717) is 17.0 Å². The van der Waals surface area contributed by atoms with Crippen LogP contribution in [0.4, 0.5) is 0 Å². The molecule has 0 spiro atoms. The summed E-state index contributed by atoms with van der Waals surface area (Å²) in [4.78, 5) is 0. The molecule has 0 aromatic carbocycles. The smallest absolute Gasteiger partial charge is 0.0218 e. The molecule has 0 aromatic heterocycles. The van der Waals surface area contributed by atoms with Gasteiger partial charge in [-0.2, -0.15) is 11.8 Å². The Hall–Kier alpha value is 0.310. The predicted molar refractivity (Wildman–Crippen MR) is 57.8 cm³/mol. The van der Waals surface area contributed by atoms with Gasteiger partial charge in [-0.15, -0.1) is 0 Å². The highest BCUT2D eigenvalue weighted by Crippen LogP contribution is 2.30. The van der Waals surface area contributed by atoms with Crippen molar-refractivity contribution in [2.75, 3.05) is 11.5 Å². The minimum Gasteiger partial charge on any atom is -0.307 e. The molecular formula is C10H21NS. The lowest BCUT2D eigenvalue weighted by Crippen LogP contribution is -2.57. The van der Waals surface area contributed by atoms with Gasteiger partial charge in [-0.05, 0) is 19.3 Å². The van der Waals surface area contributed by atoms with Gasteiger partial charge in [-0.25, -0.2) is 0 Å². The first-order valence-corrected chi connectivity index (χ1v) is 5.82. The van der Waals surface area contributed by atoms with E-state index in [2.05, 4.69) is 51.7 Å². The second kappa shape index (κ2) is 3.22. The Labute approximate surface area is 80.7 Å². The lowest BCUT2D eigenvalue weighted by atomic mass is 9.86. The Morgan fingerprint density at radius 1 is 1.33 bits per heavy atom. The van der Waals surface area contributed by atoms with E-state index in [-0.39, 0.29) is 0 Å². The lowest BCUT2D eigenvalue weighted by molar-refractivity contribution is 0.233. The standard InChI is InChI=1S/C10H21NS/c1-9(2,3)8-6-12-7-10(4,5)11-8/h8,11H,6-7H2,1-5H3. The molecule has 0 aromatic rings. The summed E-state index contributed by atoms with van der Waals surface area (Å²) >= 11 is 2.07. The van der Waals surface area contributed by atoms with Crippen LogP contribution in [-0.4, -0.2) is 23.1 Å². The van der Waals surface area contributed by atoms with E-state index in [1.54, 1.807) is 0 Å². The summed E-state index contributed by atoms with van der Waals surface area (Å²) in [5, 5.41) is 3.71. The highest BCUT2D eigenvalue weighted by atomic mass is 32.2. The van der Waals surface area contributed by atoms with Crippen LogP contribution in [0.3, 0.4) is 0 Å². The van der Waals surface area contributed by atoms with Gasteiger partial charge in [0.1, 0.15) is 0 Å². The highest BCUT2D eigenvalue weighted by molar-refractivity contribution is 7.99. The SMILES string of the molecule is CC1(C)CSCC(C(C)(C)C)N1. The van der Waals surface area contributed by atoms with Gasteiger partial charge in [0, 0.05) is 23.1 Å². The average molecular weight is 187 g/mol. The molecule has 12 heavy (non-hydrogen) atoms. The quantitative estimate of drug-likeness (QED) is 0.625. The third-order valence-corrected chi connectivity index (χ3v) is 3.85. The molecule has 1 nitrogen and oxygen atoms in total. The van der Waals surface area contributed by atoms with Crippen molar-refractivity contribution in [2.24, 2.45) is 5.41 Å². The van der Waals surface area contributed by atoms with Crippen molar-refractivity contribution in [3.05, 3.63) is 0 Å². The second-order valence-corrected chi connectivity index (χ2v) is 6.49. The molecule has 0 saturated carbocycles. The average Bonchev–Trinajstić information content (AvgIpc) is 1.83.